The maximum absolute atomic E-state index is 12.3. The van der Waals surface area contributed by atoms with Crippen LogP contribution in [0.2, 0.25) is 0 Å². The van der Waals surface area contributed by atoms with Gasteiger partial charge in [0.05, 0.1) is 32.8 Å². The van der Waals surface area contributed by atoms with E-state index >= 15 is 0 Å². The van der Waals surface area contributed by atoms with E-state index in [9.17, 15) is 4.79 Å². The minimum absolute atomic E-state index is 0.0725. The molecular weight excluding hydrogens is 546 g/mol. The van der Waals surface area contributed by atoms with Crippen molar-refractivity contribution in [3.63, 3.8) is 0 Å². The largest absolute Gasteiger partial charge is 0.378 e. The normalized spacial score (nSPS) is 10.7. The van der Waals surface area contributed by atoms with Crippen LogP contribution in [0.3, 0.4) is 0 Å². The van der Waals surface area contributed by atoms with Crippen LogP contribution in [-0.2, 0) is 33.7 Å². The summed E-state index contributed by atoms with van der Waals surface area (Å²) >= 11 is 0. The molecule has 0 unspecified atom stereocenters. The quantitative estimate of drug-likeness (QED) is 0.103. The number of carbonyl (C=O) groups excluding carboxylic acids is 1. The molecule has 0 aliphatic rings. The molecule has 43 heavy (non-hydrogen) atoms. The lowest BCUT2D eigenvalue weighted by Crippen LogP contribution is -2.29. The fourth-order valence-electron chi connectivity index (χ4n) is 3.97. The van der Waals surface area contributed by atoms with Gasteiger partial charge < -0.3 is 36.5 Å². The van der Waals surface area contributed by atoms with Gasteiger partial charge in [-0.25, -0.2) is 0 Å². The van der Waals surface area contributed by atoms with Gasteiger partial charge in [-0.15, -0.1) is 0 Å². The fraction of sp³-hybridized carbons (Fsp3) is 0.323. The van der Waals surface area contributed by atoms with Gasteiger partial charge in [-0.3, -0.25) is 9.78 Å². The fourth-order valence-corrected chi connectivity index (χ4v) is 3.97. The van der Waals surface area contributed by atoms with Gasteiger partial charge >= 0.3 is 0 Å². The molecule has 0 aliphatic heterocycles. The second-order valence-corrected chi connectivity index (χ2v) is 9.51. The Kier molecular flexibility index (Phi) is 13.1. The number of anilines is 4. The predicted octanol–water partition coefficient (Wildman–Crippen LogP) is 2.93. The SMILES string of the molecule is NCCOCCOCCNC(=O)Cc1ccc(Nc2nc(NCCc3ccccn3)nc(NCc3ccccc3)n2)cc1. The van der Waals surface area contributed by atoms with Gasteiger partial charge in [0.1, 0.15) is 0 Å². The lowest BCUT2D eigenvalue weighted by atomic mass is 10.1. The monoisotopic (exact) mass is 585 g/mol. The molecule has 0 radical (unpaired) electrons. The van der Waals surface area contributed by atoms with Crippen LogP contribution in [-0.4, -0.2) is 71.9 Å². The van der Waals surface area contributed by atoms with E-state index in [0.29, 0.717) is 70.5 Å². The Balaban J connectivity index is 1.30. The summed E-state index contributed by atoms with van der Waals surface area (Å²) in [5, 5.41) is 12.7. The maximum Gasteiger partial charge on any atom is 0.233 e. The standard InChI is InChI=1S/C31H39N9O3/c32-14-18-42-20-21-43-19-17-34-28(41)22-24-9-11-27(12-10-24)37-31-39-29(35-16-13-26-8-4-5-15-33-26)38-30(40-31)36-23-25-6-2-1-3-7-25/h1-12,15H,13-14,16-23,32H2,(H,34,41)(H3,35,36,37,38,39,40). The van der Waals surface area contributed by atoms with Crippen LogP contribution in [0.5, 0.6) is 0 Å². The third-order valence-electron chi connectivity index (χ3n) is 6.10. The molecule has 0 saturated carbocycles. The third-order valence-corrected chi connectivity index (χ3v) is 6.10. The van der Waals surface area contributed by atoms with Crippen molar-refractivity contribution < 1.29 is 14.3 Å². The summed E-state index contributed by atoms with van der Waals surface area (Å²) in [4.78, 5) is 30.4. The number of nitrogens with zero attached hydrogens (tertiary/aromatic N) is 4. The number of ether oxygens (including phenoxy) is 2. The van der Waals surface area contributed by atoms with E-state index in [-0.39, 0.29) is 12.3 Å². The average Bonchev–Trinajstić information content (AvgIpc) is 3.03. The number of benzene rings is 2. The van der Waals surface area contributed by atoms with Crippen LogP contribution in [0.25, 0.3) is 0 Å². The number of aromatic nitrogens is 4. The summed E-state index contributed by atoms with van der Waals surface area (Å²) in [7, 11) is 0. The molecule has 0 bridgehead atoms. The molecule has 0 atom stereocenters. The number of nitrogens with two attached hydrogens (primary N) is 1. The Morgan fingerprint density at radius 2 is 1.44 bits per heavy atom. The number of nitrogens with one attached hydrogen (secondary N) is 4. The van der Waals surface area contributed by atoms with Crippen molar-refractivity contribution in [1.29, 1.82) is 0 Å². The molecule has 0 spiro atoms. The summed E-state index contributed by atoms with van der Waals surface area (Å²) in [5.74, 6) is 1.22. The van der Waals surface area contributed by atoms with Crippen LogP contribution < -0.4 is 27.0 Å². The highest BCUT2D eigenvalue weighted by Crippen LogP contribution is 2.17. The lowest BCUT2D eigenvalue weighted by molar-refractivity contribution is -0.120. The molecule has 2 aromatic heterocycles. The highest BCUT2D eigenvalue weighted by Gasteiger charge is 2.09. The first-order valence-electron chi connectivity index (χ1n) is 14.3. The summed E-state index contributed by atoms with van der Waals surface area (Å²) in [6.07, 6.45) is 2.78. The van der Waals surface area contributed by atoms with Crippen LogP contribution in [0.4, 0.5) is 23.5 Å². The van der Waals surface area contributed by atoms with E-state index < -0.39 is 0 Å². The van der Waals surface area contributed by atoms with E-state index in [1.54, 1.807) is 6.20 Å². The lowest BCUT2D eigenvalue weighted by Gasteiger charge is -2.12. The van der Waals surface area contributed by atoms with E-state index in [1.807, 2.05) is 72.8 Å². The zero-order chi connectivity index (χ0) is 30.0. The van der Waals surface area contributed by atoms with Crippen molar-refractivity contribution >= 4 is 29.4 Å². The van der Waals surface area contributed by atoms with Gasteiger partial charge in [-0.05, 0) is 35.4 Å². The van der Waals surface area contributed by atoms with Gasteiger partial charge in [0, 0.05) is 50.2 Å². The zero-order valence-corrected chi connectivity index (χ0v) is 24.2. The Bertz CT molecular complexity index is 1360. The zero-order valence-electron chi connectivity index (χ0n) is 24.2. The molecule has 0 aliphatic carbocycles. The number of rotatable bonds is 19. The predicted molar refractivity (Wildman–Crippen MR) is 167 cm³/mol. The Morgan fingerprint density at radius 3 is 2.19 bits per heavy atom. The second kappa shape index (κ2) is 18.0. The number of amides is 1. The van der Waals surface area contributed by atoms with Crippen molar-refractivity contribution in [2.45, 2.75) is 19.4 Å². The minimum Gasteiger partial charge on any atom is -0.378 e. The van der Waals surface area contributed by atoms with E-state index in [2.05, 4.69) is 41.2 Å². The highest BCUT2D eigenvalue weighted by molar-refractivity contribution is 5.78. The van der Waals surface area contributed by atoms with Gasteiger partial charge in [-0.1, -0.05) is 48.5 Å². The topological polar surface area (TPSA) is 161 Å². The first-order valence-corrected chi connectivity index (χ1v) is 14.3. The minimum atomic E-state index is -0.0725. The molecular formula is C31H39N9O3. The Hall–Kier alpha value is -4.65. The van der Waals surface area contributed by atoms with E-state index in [4.69, 9.17) is 15.2 Å². The molecule has 2 aromatic carbocycles. The van der Waals surface area contributed by atoms with E-state index in [0.717, 1.165) is 28.9 Å². The molecule has 2 heterocycles. The number of hydrogen-bond donors (Lipinski definition) is 5. The molecule has 4 aromatic rings. The highest BCUT2D eigenvalue weighted by atomic mass is 16.5. The van der Waals surface area contributed by atoms with Crippen LogP contribution in [0.15, 0.2) is 79.0 Å². The van der Waals surface area contributed by atoms with Gasteiger partial charge in [0.2, 0.25) is 23.8 Å². The summed E-state index contributed by atoms with van der Waals surface area (Å²) in [6, 6.07) is 23.5. The molecule has 0 saturated heterocycles. The maximum atomic E-state index is 12.3. The number of pyridine rings is 1. The van der Waals surface area contributed by atoms with Crippen molar-refractivity contribution in [3.05, 3.63) is 95.8 Å². The first-order chi connectivity index (χ1) is 21.2. The second-order valence-electron chi connectivity index (χ2n) is 9.51. The molecule has 4 rings (SSSR count). The Morgan fingerprint density at radius 1 is 0.721 bits per heavy atom. The molecule has 0 fully saturated rings. The Labute approximate surface area is 251 Å². The summed E-state index contributed by atoms with van der Waals surface area (Å²) in [5.41, 5.74) is 9.14. The summed E-state index contributed by atoms with van der Waals surface area (Å²) < 4.78 is 10.7. The third kappa shape index (κ3) is 12.0. The van der Waals surface area contributed by atoms with Crippen molar-refractivity contribution in [2.75, 3.05) is 62.0 Å². The molecule has 12 nitrogen and oxygen atoms in total. The van der Waals surface area contributed by atoms with Gasteiger partial charge in [0.15, 0.2) is 0 Å². The van der Waals surface area contributed by atoms with Crippen LogP contribution >= 0.6 is 0 Å². The van der Waals surface area contributed by atoms with Crippen LogP contribution in [0, 0.1) is 0 Å². The molecule has 6 N–H and O–H groups in total. The van der Waals surface area contributed by atoms with Crippen LogP contribution in [0.1, 0.15) is 16.8 Å². The van der Waals surface area contributed by atoms with E-state index in [1.165, 1.54) is 0 Å². The number of hydrogen-bond acceptors (Lipinski definition) is 11. The first kappa shape index (κ1) is 31.3. The van der Waals surface area contributed by atoms with Crippen molar-refractivity contribution in [1.82, 2.24) is 25.3 Å². The molecule has 226 valence electrons. The molecule has 1 amide bonds. The molecule has 12 heteroatoms. The smallest absolute Gasteiger partial charge is 0.233 e. The van der Waals surface area contributed by atoms with Gasteiger partial charge in [0.25, 0.3) is 0 Å². The van der Waals surface area contributed by atoms with Crippen molar-refractivity contribution in [2.24, 2.45) is 5.73 Å². The van der Waals surface area contributed by atoms with Gasteiger partial charge in [-0.2, -0.15) is 15.0 Å². The summed E-state index contributed by atoms with van der Waals surface area (Å²) in [6.45, 7) is 4.02. The average molecular weight is 586 g/mol. The number of carbonyl (C=O) groups is 1. The van der Waals surface area contributed by atoms with Crippen molar-refractivity contribution in [3.8, 4) is 0 Å².